The molecule has 0 saturated carbocycles. The van der Waals surface area contributed by atoms with Crippen molar-refractivity contribution in [2.45, 2.75) is 58.7 Å². The highest BCUT2D eigenvalue weighted by molar-refractivity contribution is 6.02. The topological polar surface area (TPSA) is 123 Å². The largest absolute Gasteiger partial charge is 0.477 e. The van der Waals surface area contributed by atoms with Crippen LogP contribution in [0.4, 0.5) is 38.1 Å². The summed E-state index contributed by atoms with van der Waals surface area (Å²) in [5.41, 5.74) is 1.49. The van der Waals surface area contributed by atoms with Gasteiger partial charge in [-0.1, -0.05) is 51.1 Å². The zero-order valence-electron chi connectivity index (χ0n) is 27.0. The van der Waals surface area contributed by atoms with Gasteiger partial charge in [0.25, 0.3) is 5.91 Å². The van der Waals surface area contributed by atoms with Crippen LogP contribution in [0.2, 0.25) is 0 Å². The van der Waals surface area contributed by atoms with Crippen LogP contribution in [0.15, 0.2) is 72.8 Å². The molecule has 0 radical (unpaired) electrons. The number of nitrogens with zero attached hydrogens (tertiary/aromatic N) is 2. The molecule has 3 amide bonds. The van der Waals surface area contributed by atoms with E-state index in [0.29, 0.717) is 23.2 Å². The molecule has 0 aliphatic heterocycles. The molecule has 3 aromatic carbocycles. The van der Waals surface area contributed by atoms with Crippen molar-refractivity contribution in [2.24, 2.45) is 11.3 Å². The van der Waals surface area contributed by atoms with Crippen LogP contribution in [0, 0.1) is 22.7 Å². The van der Waals surface area contributed by atoms with Gasteiger partial charge in [-0.05, 0) is 89.8 Å². The number of carboxylic acids is 1. The SMILES string of the molecule is CC(C)(C)C1CC=C(c2ccc(N(Cc3ccc(C(=O)NCC(F)(F)C(=O)O)cc3)C(=O)Nc3cc(C#N)cc(C(F)(F)F)c3)cc2)CC1. The van der Waals surface area contributed by atoms with E-state index in [-0.39, 0.29) is 28.8 Å². The maximum absolute atomic E-state index is 13.7. The van der Waals surface area contributed by atoms with E-state index in [0.717, 1.165) is 37.0 Å². The average molecular weight is 683 g/mol. The van der Waals surface area contributed by atoms with Crippen LogP contribution in [0.5, 0.6) is 0 Å². The number of nitriles is 1. The molecule has 13 heteroatoms. The molecule has 1 unspecified atom stereocenters. The van der Waals surface area contributed by atoms with Crippen LogP contribution in [0.3, 0.4) is 0 Å². The molecule has 0 spiro atoms. The molecule has 1 aliphatic carbocycles. The number of rotatable bonds is 9. The maximum atomic E-state index is 13.7. The quantitative estimate of drug-likeness (QED) is 0.196. The van der Waals surface area contributed by atoms with Crippen LogP contribution in [0.25, 0.3) is 5.57 Å². The molecule has 3 N–H and O–H groups in total. The minimum Gasteiger partial charge on any atom is -0.477 e. The fourth-order valence-electron chi connectivity index (χ4n) is 5.45. The number of halogens is 5. The number of hydrogen-bond acceptors (Lipinski definition) is 4. The minimum absolute atomic E-state index is 0.0484. The van der Waals surface area contributed by atoms with Crippen LogP contribution in [0.1, 0.15) is 72.6 Å². The summed E-state index contributed by atoms with van der Waals surface area (Å²) in [4.78, 5) is 37.9. The second-order valence-corrected chi connectivity index (χ2v) is 12.9. The first-order chi connectivity index (χ1) is 22.9. The van der Waals surface area contributed by atoms with Crippen molar-refractivity contribution in [3.05, 3.63) is 101 Å². The number of aliphatic carboxylic acids is 1. The Kier molecular flexibility index (Phi) is 10.8. The zero-order chi connectivity index (χ0) is 36.1. The van der Waals surface area contributed by atoms with E-state index in [4.69, 9.17) is 5.11 Å². The Bertz CT molecular complexity index is 1770. The van der Waals surface area contributed by atoms with Crippen LogP contribution in [-0.4, -0.2) is 35.5 Å². The Morgan fingerprint density at radius 2 is 1.61 bits per heavy atom. The molecule has 0 bridgehead atoms. The third kappa shape index (κ3) is 9.43. The van der Waals surface area contributed by atoms with Gasteiger partial charge in [0.2, 0.25) is 0 Å². The summed E-state index contributed by atoms with van der Waals surface area (Å²) in [5.74, 6) is -6.93. The maximum Gasteiger partial charge on any atom is 0.416 e. The molecule has 49 heavy (non-hydrogen) atoms. The molecule has 3 aromatic rings. The van der Waals surface area contributed by atoms with Crippen LogP contribution < -0.4 is 15.5 Å². The van der Waals surface area contributed by atoms with Gasteiger partial charge < -0.3 is 15.7 Å². The van der Waals surface area contributed by atoms with E-state index < -0.39 is 42.1 Å². The summed E-state index contributed by atoms with van der Waals surface area (Å²) in [5, 5.41) is 22.2. The first-order valence-electron chi connectivity index (χ1n) is 15.4. The van der Waals surface area contributed by atoms with Gasteiger partial charge >= 0.3 is 24.1 Å². The predicted molar refractivity (Wildman–Crippen MR) is 174 cm³/mol. The summed E-state index contributed by atoms with van der Waals surface area (Å²) in [6.45, 7) is 5.13. The number of amides is 3. The second-order valence-electron chi connectivity index (χ2n) is 12.9. The van der Waals surface area contributed by atoms with Crippen molar-refractivity contribution in [3.8, 4) is 6.07 Å². The highest BCUT2D eigenvalue weighted by Gasteiger charge is 2.39. The number of nitrogens with one attached hydrogen (secondary N) is 2. The molecule has 1 atom stereocenters. The Morgan fingerprint density at radius 1 is 0.959 bits per heavy atom. The molecule has 4 rings (SSSR count). The zero-order valence-corrected chi connectivity index (χ0v) is 27.0. The lowest BCUT2D eigenvalue weighted by Gasteiger charge is -2.33. The van der Waals surface area contributed by atoms with Gasteiger partial charge in [-0.15, -0.1) is 0 Å². The van der Waals surface area contributed by atoms with E-state index in [2.05, 4.69) is 32.2 Å². The Morgan fingerprint density at radius 3 is 2.14 bits per heavy atom. The second kappa shape index (κ2) is 14.5. The molecule has 1 aliphatic rings. The fraction of sp³-hybridized carbons (Fsp3) is 0.333. The lowest BCUT2D eigenvalue weighted by Crippen LogP contribution is -2.42. The first-order valence-corrected chi connectivity index (χ1v) is 15.4. The summed E-state index contributed by atoms with van der Waals surface area (Å²) < 4.78 is 67.3. The van der Waals surface area contributed by atoms with Crippen molar-refractivity contribution in [1.29, 1.82) is 5.26 Å². The van der Waals surface area contributed by atoms with E-state index in [9.17, 15) is 41.6 Å². The van der Waals surface area contributed by atoms with Gasteiger partial charge in [-0.3, -0.25) is 9.69 Å². The molecular formula is C36H35F5N4O4. The van der Waals surface area contributed by atoms with Gasteiger partial charge in [-0.2, -0.15) is 27.2 Å². The summed E-state index contributed by atoms with van der Waals surface area (Å²) in [6, 6.07) is 16.0. The van der Waals surface area contributed by atoms with Crippen molar-refractivity contribution in [3.63, 3.8) is 0 Å². The summed E-state index contributed by atoms with van der Waals surface area (Å²) in [7, 11) is 0. The number of carboxylic acid groups (broad SMARTS) is 1. The number of anilines is 2. The smallest absolute Gasteiger partial charge is 0.416 e. The van der Waals surface area contributed by atoms with Gasteiger partial charge in [0.05, 0.1) is 30.3 Å². The standard InChI is InChI=1S/C36H35F5N4O4/c1-34(2,3)27-12-8-24(9-13-27)25-10-14-30(15-11-25)45(33(49)44-29-17-23(19-42)16-28(18-29)36(39,40)41)20-22-4-6-26(7-5-22)31(46)43-21-35(37,38)32(47)48/h4-8,10-11,14-18,27H,9,12-13,20-21H2,1-3H3,(H,43,46)(H,44,49)(H,47,48). The molecular weight excluding hydrogens is 647 g/mol. The van der Waals surface area contributed by atoms with Gasteiger partial charge in [0.1, 0.15) is 0 Å². The Hall–Kier alpha value is -5.25. The van der Waals surface area contributed by atoms with Crippen molar-refractivity contribution in [1.82, 2.24) is 5.32 Å². The summed E-state index contributed by atoms with van der Waals surface area (Å²) >= 11 is 0. The highest BCUT2D eigenvalue weighted by Crippen LogP contribution is 2.40. The number of carbonyl (C=O) groups is 3. The lowest BCUT2D eigenvalue weighted by molar-refractivity contribution is -0.163. The van der Waals surface area contributed by atoms with Gasteiger partial charge in [0.15, 0.2) is 0 Å². The van der Waals surface area contributed by atoms with E-state index in [1.54, 1.807) is 18.2 Å². The molecule has 0 saturated heterocycles. The highest BCUT2D eigenvalue weighted by atomic mass is 19.4. The van der Waals surface area contributed by atoms with Gasteiger partial charge in [0, 0.05) is 16.9 Å². The first kappa shape index (κ1) is 36.6. The number of hydrogen-bond donors (Lipinski definition) is 3. The number of carbonyl (C=O) groups excluding carboxylic acids is 2. The Labute approximate surface area is 280 Å². The van der Waals surface area contributed by atoms with Crippen molar-refractivity contribution < 1.29 is 41.4 Å². The lowest BCUT2D eigenvalue weighted by atomic mass is 9.72. The fourth-order valence-corrected chi connectivity index (χ4v) is 5.45. The number of alkyl halides is 5. The third-order valence-corrected chi connectivity index (χ3v) is 8.41. The van der Waals surface area contributed by atoms with Crippen LogP contribution >= 0.6 is 0 Å². The Balaban J connectivity index is 1.60. The molecule has 0 aromatic heterocycles. The molecule has 8 nitrogen and oxygen atoms in total. The molecule has 258 valence electrons. The summed E-state index contributed by atoms with van der Waals surface area (Å²) in [6.07, 6.45) is 0.312. The van der Waals surface area contributed by atoms with Crippen molar-refractivity contribution >= 4 is 34.9 Å². The molecule has 0 fully saturated rings. The number of urea groups is 1. The average Bonchev–Trinajstić information content (AvgIpc) is 3.05. The van der Waals surface area contributed by atoms with E-state index in [1.165, 1.54) is 34.7 Å². The molecule has 0 heterocycles. The predicted octanol–water partition coefficient (Wildman–Crippen LogP) is 8.50. The number of benzene rings is 3. The monoisotopic (exact) mass is 682 g/mol. The normalized spacial score (nSPS) is 15.1. The number of allylic oxidation sites excluding steroid dienone is 2. The van der Waals surface area contributed by atoms with E-state index >= 15 is 0 Å². The van der Waals surface area contributed by atoms with Crippen LogP contribution in [-0.2, 0) is 17.5 Å². The minimum atomic E-state index is -4.76. The van der Waals surface area contributed by atoms with Crippen molar-refractivity contribution in [2.75, 3.05) is 16.8 Å². The van der Waals surface area contributed by atoms with Gasteiger partial charge in [-0.25, -0.2) is 9.59 Å². The third-order valence-electron chi connectivity index (χ3n) is 8.41. The van der Waals surface area contributed by atoms with E-state index in [1.807, 2.05) is 17.4 Å².